The van der Waals surface area contributed by atoms with Gasteiger partial charge in [0, 0.05) is 17.3 Å². The van der Waals surface area contributed by atoms with Crippen LogP contribution in [0.3, 0.4) is 0 Å². The second-order valence-electron chi connectivity index (χ2n) is 9.12. The van der Waals surface area contributed by atoms with Crippen molar-refractivity contribution in [1.29, 1.82) is 0 Å². The van der Waals surface area contributed by atoms with Gasteiger partial charge in [0.2, 0.25) is 0 Å². The molecule has 0 saturated heterocycles. The second-order valence-corrected chi connectivity index (χ2v) is 9.12. The van der Waals surface area contributed by atoms with Crippen molar-refractivity contribution in [2.45, 2.75) is 45.2 Å². The predicted octanol–water partition coefficient (Wildman–Crippen LogP) is 4.86. The molecular weight excluding hydrogens is 424 g/mol. The first-order chi connectivity index (χ1) is 16.6. The topological polar surface area (TPSA) is 91.6 Å². The van der Waals surface area contributed by atoms with E-state index in [1.54, 1.807) is 0 Å². The van der Waals surface area contributed by atoms with Gasteiger partial charge in [-0.2, -0.15) is 5.10 Å². The maximum atomic E-state index is 13.8. The van der Waals surface area contributed by atoms with Crippen molar-refractivity contribution in [2.24, 2.45) is 0 Å². The lowest BCUT2D eigenvalue weighted by molar-refractivity contribution is 0.475. The second kappa shape index (κ2) is 8.09. The largest absolute Gasteiger partial charge is 0.383 e. The highest BCUT2D eigenvalue weighted by molar-refractivity contribution is 5.98. The van der Waals surface area contributed by atoms with E-state index in [0.717, 1.165) is 64.4 Å². The molecule has 2 aromatic carbocycles. The molecule has 170 valence electrons. The van der Waals surface area contributed by atoms with E-state index in [1.165, 1.54) is 6.33 Å². The fourth-order valence-corrected chi connectivity index (χ4v) is 5.38. The van der Waals surface area contributed by atoms with Crippen LogP contribution in [-0.2, 0) is 6.54 Å². The summed E-state index contributed by atoms with van der Waals surface area (Å²) in [5, 5.41) is 7.43. The summed E-state index contributed by atoms with van der Waals surface area (Å²) in [5.74, 6) is 0.400. The predicted molar refractivity (Wildman–Crippen MR) is 135 cm³/mol. The minimum atomic E-state index is 0.0892. The molecule has 7 nitrogen and oxygen atoms in total. The molecule has 1 aliphatic rings. The average Bonchev–Trinajstić information content (AvgIpc) is 3.49. The first-order valence-corrected chi connectivity index (χ1v) is 11.8. The number of rotatable bonds is 4. The van der Waals surface area contributed by atoms with Crippen LogP contribution in [0.5, 0.6) is 0 Å². The van der Waals surface area contributed by atoms with Gasteiger partial charge in [-0.1, -0.05) is 61.4 Å². The lowest BCUT2D eigenvalue weighted by atomic mass is 10.0. The first-order valence-electron chi connectivity index (χ1n) is 11.8. The molecule has 0 amide bonds. The van der Waals surface area contributed by atoms with Crippen molar-refractivity contribution >= 4 is 27.6 Å². The average molecular weight is 451 g/mol. The third-order valence-corrected chi connectivity index (χ3v) is 6.98. The molecule has 0 atom stereocenters. The number of fused-ring (bicyclic) bond motifs is 2. The minimum absolute atomic E-state index is 0.0892. The normalized spacial score (nSPS) is 14.4. The molecule has 6 rings (SSSR count). The van der Waals surface area contributed by atoms with Crippen LogP contribution in [0.1, 0.15) is 43.0 Å². The molecule has 2 N–H and O–H groups in total. The van der Waals surface area contributed by atoms with Crippen LogP contribution in [0.15, 0.2) is 65.7 Å². The zero-order chi connectivity index (χ0) is 23.2. The summed E-state index contributed by atoms with van der Waals surface area (Å²) in [6.45, 7) is 2.44. The fraction of sp³-hybridized carbons (Fsp3) is 0.259. The van der Waals surface area contributed by atoms with Gasteiger partial charge in [0.05, 0.1) is 17.3 Å². The first kappa shape index (κ1) is 20.6. The quantitative estimate of drug-likeness (QED) is 0.422. The molecule has 0 bridgehead atoms. The van der Waals surface area contributed by atoms with Gasteiger partial charge >= 0.3 is 0 Å². The van der Waals surface area contributed by atoms with Crippen LogP contribution >= 0.6 is 0 Å². The molecule has 7 heteroatoms. The molecule has 34 heavy (non-hydrogen) atoms. The lowest BCUT2D eigenvalue weighted by Gasteiger charge is -2.21. The Hall–Kier alpha value is -4.00. The van der Waals surface area contributed by atoms with E-state index in [1.807, 2.05) is 64.7 Å². The van der Waals surface area contributed by atoms with E-state index in [0.29, 0.717) is 18.0 Å². The summed E-state index contributed by atoms with van der Waals surface area (Å²) in [6, 6.07) is 18.3. The number of benzene rings is 2. The van der Waals surface area contributed by atoms with E-state index in [-0.39, 0.29) is 11.6 Å². The van der Waals surface area contributed by atoms with Gasteiger partial charge in [0.1, 0.15) is 17.8 Å². The third kappa shape index (κ3) is 3.27. The number of nitrogens with two attached hydrogens (primary N) is 1. The van der Waals surface area contributed by atoms with Gasteiger partial charge in [0.25, 0.3) is 5.56 Å². The SMILES string of the molecule is Cc1cccc2cc(Cn3nc(-c4ccccc4)c4c(N)ncnc43)n(C3CCCC3)c(=O)c12. The van der Waals surface area contributed by atoms with Crippen LogP contribution in [0.2, 0.25) is 0 Å². The van der Waals surface area contributed by atoms with Gasteiger partial charge in [-0.25, -0.2) is 14.6 Å². The number of nitrogens with zero attached hydrogens (tertiary/aromatic N) is 5. The Kier molecular flexibility index (Phi) is 4.90. The highest BCUT2D eigenvalue weighted by Gasteiger charge is 2.24. The van der Waals surface area contributed by atoms with E-state index in [2.05, 4.69) is 16.0 Å². The Bertz CT molecular complexity index is 1580. The highest BCUT2D eigenvalue weighted by atomic mass is 16.1. The molecule has 0 radical (unpaired) electrons. The van der Waals surface area contributed by atoms with Gasteiger partial charge in [0.15, 0.2) is 5.65 Å². The third-order valence-electron chi connectivity index (χ3n) is 6.98. The molecule has 1 aliphatic carbocycles. The summed E-state index contributed by atoms with van der Waals surface area (Å²) in [4.78, 5) is 22.5. The fourth-order valence-electron chi connectivity index (χ4n) is 5.38. The number of nitrogen functional groups attached to an aromatic ring is 1. The zero-order valence-electron chi connectivity index (χ0n) is 19.1. The number of hydrogen-bond acceptors (Lipinski definition) is 5. The summed E-state index contributed by atoms with van der Waals surface area (Å²) in [5.41, 5.74) is 10.7. The van der Waals surface area contributed by atoms with Crippen LogP contribution in [0.4, 0.5) is 5.82 Å². The molecule has 1 saturated carbocycles. The smallest absolute Gasteiger partial charge is 0.259 e. The molecule has 3 aromatic heterocycles. The Labute approximate surface area is 196 Å². The molecular formula is C27H26N6O. The molecule has 0 aliphatic heterocycles. The van der Waals surface area contributed by atoms with Gasteiger partial charge in [-0.3, -0.25) is 4.79 Å². The molecule has 0 unspecified atom stereocenters. The molecule has 0 spiro atoms. The van der Waals surface area contributed by atoms with Crippen molar-refractivity contribution < 1.29 is 0 Å². The van der Waals surface area contributed by atoms with Crippen molar-refractivity contribution in [2.75, 3.05) is 5.73 Å². The Morgan fingerprint density at radius 3 is 2.59 bits per heavy atom. The maximum absolute atomic E-state index is 13.8. The van der Waals surface area contributed by atoms with Crippen LogP contribution in [0.25, 0.3) is 33.1 Å². The van der Waals surface area contributed by atoms with E-state index in [9.17, 15) is 4.79 Å². The highest BCUT2D eigenvalue weighted by Crippen LogP contribution is 2.33. The summed E-state index contributed by atoms with van der Waals surface area (Å²) < 4.78 is 3.88. The number of aryl methyl sites for hydroxylation is 1. The van der Waals surface area contributed by atoms with E-state index >= 15 is 0 Å². The van der Waals surface area contributed by atoms with Crippen molar-refractivity contribution in [1.82, 2.24) is 24.3 Å². The van der Waals surface area contributed by atoms with Crippen LogP contribution < -0.4 is 11.3 Å². The summed E-state index contributed by atoms with van der Waals surface area (Å²) in [7, 11) is 0. The Balaban J connectivity index is 1.58. The van der Waals surface area contributed by atoms with Gasteiger partial charge in [-0.05, 0) is 36.8 Å². The number of aromatic nitrogens is 5. The summed E-state index contributed by atoms with van der Waals surface area (Å²) in [6.07, 6.45) is 5.81. The maximum Gasteiger partial charge on any atom is 0.259 e. The Morgan fingerprint density at radius 2 is 1.79 bits per heavy atom. The molecule has 5 aromatic rings. The monoisotopic (exact) mass is 450 g/mol. The lowest BCUT2D eigenvalue weighted by Crippen LogP contribution is -2.28. The number of hydrogen-bond donors (Lipinski definition) is 1. The van der Waals surface area contributed by atoms with E-state index in [4.69, 9.17) is 10.8 Å². The van der Waals surface area contributed by atoms with Crippen molar-refractivity contribution in [3.63, 3.8) is 0 Å². The van der Waals surface area contributed by atoms with Gasteiger partial charge < -0.3 is 10.3 Å². The van der Waals surface area contributed by atoms with Crippen molar-refractivity contribution in [3.8, 4) is 11.3 Å². The van der Waals surface area contributed by atoms with Crippen molar-refractivity contribution in [3.05, 3.63) is 82.5 Å². The van der Waals surface area contributed by atoms with Crippen LogP contribution in [0, 0.1) is 6.92 Å². The summed E-state index contributed by atoms with van der Waals surface area (Å²) >= 11 is 0. The van der Waals surface area contributed by atoms with E-state index < -0.39 is 0 Å². The van der Waals surface area contributed by atoms with Gasteiger partial charge in [-0.15, -0.1) is 0 Å². The number of pyridine rings is 1. The number of anilines is 1. The van der Waals surface area contributed by atoms with Crippen LogP contribution in [-0.4, -0.2) is 24.3 Å². The minimum Gasteiger partial charge on any atom is -0.383 e. The standard InChI is InChI=1S/C27H26N6O/c1-17-8-7-11-19-14-21(33(27(34)22(17)19)20-12-5-6-13-20)15-32-26-23(25(28)29-16-30-26)24(31-32)18-9-3-2-4-10-18/h2-4,7-11,14,16,20H,5-6,12-13,15H2,1H3,(H2,28,29,30). The molecule has 1 fully saturated rings. The zero-order valence-corrected chi connectivity index (χ0v) is 19.1. The molecule has 3 heterocycles. The Morgan fingerprint density at radius 1 is 1.00 bits per heavy atom.